The van der Waals surface area contributed by atoms with Crippen molar-refractivity contribution in [3.05, 3.63) is 18.3 Å². The van der Waals surface area contributed by atoms with Crippen LogP contribution < -0.4 is 10.6 Å². The molecule has 82 valence electrons. The number of nitrogens with zero attached hydrogens (tertiary/aromatic N) is 2. The first-order chi connectivity index (χ1) is 7.27. The summed E-state index contributed by atoms with van der Waals surface area (Å²) in [6, 6.07) is 3.93. The highest BCUT2D eigenvalue weighted by atomic mass is 16.5. The topological polar surface area (TPSA) is 51.4 Å². The van der Waals surface area contributed by atoms with E-state index in [9.17, 15) is 0 Å². The summed E-state index contributed by atoms with van der Waals surface area (Å²) in [5.74, 6) is 0.603. The Morgan fingerprint density at radius 2 is 2.47 bits per heavy atom. The Morgan fingerprint density at radius 3 is 3.27 bits per heavy atom. The zero-order valence-electron chi connectivity index (χ0n) is 9.02. The quantitative estimate of drug-likeness (QED) is 0.753. The van der Waals surface area contributed by atoms with Gasteiger partial charge in [-0.1, -0.05) is 0 Å². The van der Waals surface area contributed by atoms with Crippen LogP contribution in [0.2, 0.25) is 0 Å². The van der Waals surface area contributed by atoms with E-state index in [4.69, 9.17) is 10.5 Å². The van der Waals surface area contributed by atoms with E-state index in [2.05, 4.69) is 16.8 Å². The first kappa shape index (κ1) is 10.2. The minimum absolute atomic E-state index is 0.257. The number of nitrogens with two attached hydrogens (primary N) is 1. The molecule has 2 N–H and O–H groups in total. The molecular formula is C11H17N3O. The molecule has 2 rings (SSSR count). The van der Waals surface area contributed by atoms with E-state index in [0.29, 0.717) is 5.82 Å². The molecule has 1 aromatic rings. The molecule has 0 amide bonds. The maximum absolute atomic E-state index is 5.85. The average molecular weight is 207 g/mol. The Bertz CT molecular complexity index is 329. The molecule has 0 spiro atoms. The Hall–Kier alpha value is -1.29. The molecule has 0 radical (unpaired) electrons. The number of pyridine rings is 1. The molecule has 0 saturated carbocycles. The molecule has 1 saturated heterocycles. The van der Waals surface area contributed by atoms with Crippen molar-refractivity contribution in [3.63, 3.8) is 0 Å². The normalized spacial score (nSPS) is 22.5. The summed E-state index contributed by atoms with van der Waals surface area (Å²) in [5.41, 5.74) is 6.88. The molecule has 1 aromatic heterocycles. The van der Waals surface area contributed by atoms with E-state index >= 15 is 0 Å². The molecular weight excluding hydrogens is 190 g/mol. The van der Waals surface area contributed by atoms with Crippen molar-refractivity contribution < 1.29 is 4.74 Å². The van der Waals surface area contributed by atoms with Gasteiger partial charge in [0.2, 0.25) is 0 Å². The molecule has 4 nitrogen and oxygen atoms in total. The molecule has 1 atom stereocenters. The fourth-order valence-electron chi connectivity index (χ4n) is 1.89. The lowest BCUT2D eigenvalue weighted by Crippen LogP contribution is -2.30. The maximum Gasteiger partial charge on any atom is 0.146 e. The summed E-state index contributed by atoms with van der Waals surface area (Å²) in [5, 5.41) is 0. The van der Waals surface area contributed by atoms with E-state index < -0.39 is 0 Å². The third-order valence-corrected chi connectivity index (χ3v) is 2.61. The first-order valence-corrected chi connectivity index (χ1v) is 5.34. The van der Waals surface area contributed by atoms with Crippen LogP contribution in [0.5, 0.6) is 0 Å². The maximum atomic E-state index is 5.85. The molecule has 4 heteroatoms. The summed E-state index contributed by atoms with van der Waals surface area (Å²) in [6.45, 7) is 4.79. The fraction of sp³-hybridized carbons (Fsp3) is 0.545. The van der Waals surface area contributed by atoms with Gasteiger partial charge in [0.15, 0.2) is 0 Å². The van der Waals surface area contributed by atoms with Crippen LogP contribution in [0.1, 0.15) is 13.3 Å². The van der Waals surface area contributed by atoms with Gasteiger partial charge in [0.05, 0.1) is 11.8 Å². The average Bonchev–Trinajstić information content (AvgIpc) is 2.43. The van der Waals surface area contributed by atoms with E-state index in [-0.39, 0.29) is 6.10 Å². The van der Waals surface area contributed by atoms with Crippen molar-refractivity contribution >= 4 is 11.5 Å². The number of ether oxygens (including phenoxy) is 1. The van der Waals surface area contributed by atoms with Gasteiger partial charge in [0.25, 0.3) is 0 Å². The van der Waals surface area contributed by atoms with Gasteiger partial charge >= 0.3 is 0 Å². The molecule has 1 unspecified atom stereocenters. The standard InChI is InChI=1S/C11H17N3O/c1-9-8-14(6-3-7-15-9)10-4-2-5-13-11(10)12/h2,4-5,9H,3,6-8H2,1H3,(H2,12,13). The molecule has 1 fully saturated rings. The predicted molar refractivity (Wildman–Crippen MR) is 60.9 cm³/mol. The predicted octanol–water partition coefficient (Wildman–Crippen LogP) is 1.28. The van der Waals surface area contributed by atoms with E-state index in [1.165, 1.54) is 0 Å². The van der Waals surface area contributed by atoms with E-state index in [1.54, 1.807) is 6.20 Å². The van der Waals surface area contributed by atoms with Crippen LogP contribution in [0.4, 0.5) is 11.5 Å². The van der Waals surface area contributed by atoms with Crippen molar-refractivity contribution in [2.75, 3.05) is 30.3 Å². The molecule has 0 bridgehead atoms. The van der Waals surface area contributed by atoms with Gasteiger partial charge in [0, 0.05) is 25.9 Å². The second-order valence-electron chi connectivity index (χ2n) is 3.89. The molecule has 1 aliphatic heterocycles. The highest BCUT2D eigenvalue weighted by Crippen LogP contribution is 2.22. The fourth-order valence-corrected chi connectivity index (χ4v) is 1.89. The summed E-state index contributed by atoms with van der Waals surface area (Å²) < 4.78 is 5.59. The van der Waals surface area contributed by atoms with Crippen LogP contribution in [-0.2, 0) is 4.74 Å². The van der Waals surface area contributed by atoms with Crippen LogP contribution >= 0.6 is 0 Å². The minimum Gasteiger partial charge on any atom is -0.382 e. The lowest BCUT2D eigenvalue weighted by Gasteiger charge is -2.24. The van der Waals surface area contributed by atoms with Crippen molar-refractivity contribution in [1.29, 1.82) is 0 Å². The lowest BCUT2D eigenvalue weighted by atomic mass is 10.3. The van der Waals surface area contributed by atoms with Crippen LogP contribution in [0.25, 0.3) is 0 Å². The molecule has 15 heavy (non-hydrogen) atoms. The number of aromatic nitrogens is 1. The van der Waals surface area contributed by atoms with Crippen molar-refractivity contribution in [1.82, 2.24) is 4.98 Å². The lowest BCUT2D eigenvalue weighted by molar-refractivity contribution is 0.0821. The smallest absolute Gasteiger partial charge is 0.146 e. The molecule has 1 aliphatic rings. The molecule has 0 aromatic carbocycles. The number of anilines is 2. The Labute approximate surface area is 90.0 Å². The number of hydrogen-bond donors (Lipinski definition) is 1. The number of nitrogen functional groups attached to an aromatic ring is 1. The summed E-state index contributed by atoms with van der Waals surface area (Å²) >= 11 is 0. The zero-order chi connectivity index (χ0) is 10.7. The second-order valence-corrected chi connectivity index (χ2v) is 3.89. The minimum atomic E-state index is 0.257. The van der Waals surface area contributed by atoms with Gasteiger partial charge in [-0.15, -0.1) is 0 Å². The third kappa shape index (κ3) is 2.39. The van der Waals surface area contributed by atoms with Crippen molar-refractivity contribution in [2.24, 2.45) is 0 Å². The highest BCUT2D eigenvalue weighted by molar-refractivity contribution is 5.62. The summed E-state index contributed by atoms with van der Waals surface area (Å²) in [4.78, 5) is 6.36. The van der Waals surface area contributed by atoms with E-state index in [1.807, 2.05) is 12.1 Å². The third-order valence-electron chi connectivity index (χ3n) is 2.61. The van der Waals surface area contributed by atoms with Crippen LogP contribution in [0.15, 0.2) is 18.3 Å². The van der Waals surface area contributed by atoms with Gasteiger partial charge in [-0.05, 0) is 25.5 Å². The van der Waals surface area contributed by atoms with E-state index in [0.717, 1.165) is 31.8 Å². The van der Waals surface area contributed by atoms with Gasteiger partial charge in [-0.3, -0.25) is 0 Å². The summed E-state index contributed by atoms with van der Waals surface area (Å²) in [7, 11) is 0. The number of rotatable bonds is 1. The van der Waals surface area contributed by atoms with Crippen LogP contribution in [-0.4, -0.2) is 30.8 Å². The monoisotopic (exact) mass is 207 g/mol. The molecule has 0 aliphatic carbocycles. The summed E-state index contributed by atoms with van der Waals surface area (Å²) in [6.07, 6.45) is 3.02. The van der Waals surface area contributed by atoms with Gasteiger partial charge in [0.1, 0.15) is 5.82 Å². The van der Waals surface area contributed by atoms with Crippen molar-refractivity contribution in [2.45, 2.75) is 19.4 Å². The SMILES string of the molecule is CC1CN(c2cccnc2N)CCCO1. The van der Waals surface area contributed by atoms with Gasteiger partial charge in [-0.25, -0.2) is 4.98 Å². The number of hydrogen-bond acceptors (Lipinski definition) is 4. The Balaban J connectivity index is 2.18. The molecule has 2 heterocycles. The Morgan fingerprint density at radius 1 is 1.60 bits per heavy atom. The first-order valence-electron chi connectivity index (χ1n) is 5.34. The van der Waals surface area contributed by atoms with Gasteiger partial charge < -0.3 is 15.4 Å². The second kappa shape index (κ2) is 4.49. The van der Waals surface area contributed by atoms with Crippen LogP contribution in [0.3, 0.4) is 0 Å². The van der Waals surface area contributed by atoms with Crippen LogP contribution in [0, 0.1) is 0 Å². The van der Waals surface area contributed by atoms with Crippen molar-refractivity contribution in [3.8, 4) is 0 Å². The zero-order valence-corrected chi connectivity index (χ0v) is 9.02. The Kier molecular flexibility index (Phi) is 3.06. The largest absolute Gasteiger partial charge is 0.382 e. The van der Waals surface area contributed by atoms with Gasteiger partial charge in [-0.2, -0.15) is 0 Å². The highest BCUT2D eigenvalue weighted by Gasteiger charge is 2.17.